The molecule has 3 N–H and O–H groups in total. The van der Waals surface area contributed by atoms with Crippen molar-refractivity contribution in [2.45, 2.75) is 13.0 Å². The van der Waals surface area contributed by atoms with Crippen LogP contribution in [0.1, 0.15) is 27.3 Å². The van der Waals surface area contributed by atoms with Gasteiger partial charge in [-0.15, -0.1) is 0 Å². The molecule has 0 saturated heterocycles. The summed E-state index contributed by atoms with van der Waals surface area (Å²) in [5.41, 5.74) is 4.58. The van der Waals surface area contributed by atoms with Crippen molar-refractivity contribution in [3.8, 4) is 5.75 Å². The quantitative estimate of drug-likeness (QED) is 0.511. The number of hydrogen-bond acceptors (Lipinski definition) is 4. The van der Waals surface area contributed by atoms with E-state index < -0.39 is 5.82 Å². The van der Waals surface area contributed by atoms with Crippen LogP contribution >= 0.6 is 0 Å². The van der Waals surface area contributed by atoms with E-state index in [1.165, 1.54) is 12.1 Å². The first kappa shape index (κ1) is 16.0. The third kappa shape index (κ3) is 2.49. The van der Waals surface area contributed by atoms with Crippen LogP contribution in [0, 0.1) is 5.82 Å². The number of Topliss-reactive ketones (excluding diaryl/α,β-unsaturated/α-hetero) is 1. The molecule has 0 atom stereocenters. The Morgan fingerprint density at radius 2 is 2.00 bits per heavy atom. The molecule has 2 aromatic carbocycles. The lowest BCUT2D eigenvalue weighted by molar-refractivity contribution is 0.0983. The number of fused-ring (bicyclic) bond motifs is 5. The number of carbonyl (C=O) groups is 1. The number of phenolic OH excluding ortho intramolecular Hbond substituents is 1. The van der Waals surface area contributed by atoms with Crippen LogP contribution in [-0.2, 0) is 13.0 Å². The molecule has 0 bridgehead atoms. The number of halogens is 1. The average molecular weight is 361 g/mol. The van der Waals surface area contributed by atoms with Crippen molar-refractivity contribution in [2.75, 3.05) is 6.54 Å². The molecule has 6 heteroatoms. The fourth-order valence-corrected chi connectivity index (χ4v) is 3.83. The Balaban J connectivity index is 1.78. The van der Waals surface area contributed by atoms with Crippen LogP contribution in [0.4, 0.5) is 4.39 Å². The SMILES string of the molecule is O=C1CNCc2nc(Cc3ccc(O)c(F)c3)c3[nH]c4ccccc4c3c21. The minimum absolute atomic E-state index is 0.0285. The molecule has 27 heavy (non-hydrogen) atoms. The van der Waals surface area contributed by atoms with Gasteiger partial charge in [-0.2, -0.15) is 0 Å². The number of aromatic nitrogens is 2. The lowest BCUT2D eigenvalue weighted by Gasteiger charge is -2.18. The molecule has 0 saturated carbocycles. The summed E-state index contributed by atoms with van der Waals surface area (Å²) in [4.78, 5) is 20.7. The molecule has 5 nitrogen and oxygen atoms in total. The van der Waals surface area contributed by atoms with Gasteiger partial charge < -0.3 is 15.4 Å². The van der Waals surface area contributed by atoms with Crippen molar-refractivity contribution in [3.05, 3.63) is 70.8 Å². The van der Waals surface area contributed by atoms with Crippen molar-refractivity contribution in [3.63, 3.8) is 0 Å². The van der Waals surface area contributed by atoms with E-state index in [-0.39, 0.29) is 11.5 Å². The second kappa shape index (κ2) is 5.89. The number of carbonyl (C=O) groups excluding carboxylic acids is 1. The molecule has 1 aliphatic rings. The van der Waals surface area contributed by atoms with E-state index in [2.05, 4.69) is 10.3 Å². The van der Waals surface area contributed by atoms with E-state index in [4.69, 9.17) is 4.98 Å². The molecule has 0 aliphatic carbocycles. The highest BCUT2D eigenvalue weighted by Gasteiger charge is 2.25. The molecule has 3 heterocycles. The van der Waals surface area contributed by atoms with Gasteiger partial charge in [0.2, 0.25) is 0 Å². The number of benzene rings is 2. The maximum atomic E-state index is 13.8. The van der Waals surface area contributed by atoms with Gasteiger partial charge in [-0.05, 0) is 23.8 Å². The van der Waals surface area contributed by atoms with Gasteiger partial charge in [-0.25, -0.2) is 4.39 Å². The Kier molecular flexibility index (Phi) is 3.48. The van der Waals surface area contributed by atoms with Crippen LogP contribution in [-0.4, -0.2) is 27.4 Å². The predicted octanol–water partition coefficient (Wildman–Crippen LogP) is 3.44. The third-order valence-corrected chi connectivity index (χ3v) is 5.04. The van der Waals surface area contributed by atoms with E-state index in [1.807, 2.05) is 24.3 Å². The normalized spacial score (nSPS) is 14.0. The van der Waals surface area contributed by atoms with Gasteiger partial charge >= 0.3 is 0 Å². The van der Waals surface area contributed by atoms with Crippen LogP contribution in [0.15, 0.2) is 42.5 Å². The first-order valence-electron chi connectivity index (χ1n) is 8.75. The molecule has 134 valence electrons. The van der Waals surface area contributed by atoms with Crippen molar-refractivity contribution >= 4 is 27.6 Å². The Bertz CT molecular complexity index is 1230. The summed E-state index contributed by atoms with van der Waals surface area (Å²) in [6, 6.07) is 12.2. The Morgan fingerprint density at radius 3 is 2.85 bits per heavy atom. The molecule has 0 amide bonds. The van der Waals surface area contributed by atoms with E-state index >= 15 is 0 Å². The minimum Gasteiger partial charge on any atom is -0.505 e. The largest absolute Gasteiger partial charge is 0.505 e. The van der Waals surface area contributed by atoms with Gasteiger partial charge in [0.25, 0.3) is 0 Å². The number of rotatable bonds is 2. The number of aromatic hydroxyl groups is 1. The summed E-state index contributed by atoms with van der Waals surface area (Å²) in [6.07, 6.45) is 0.391. The zero-order valence-corrected chi connectivity index (χ0v) is 14.3. The highest BCUT2D eigenvalue weighted by molar-refractivity contribution is 6.20. The number of pyridine rings is 1. The number of nitrogens with one attached hydrogen (secondary N) is 2. The average Bonchev–Trinajstić information content (AvgIpc) is 3.05. The number of aromatic amines is 1. The molecule has 1 aliphatic heterocycles. The number of nitrogens with zero attached hydrogens (tertiary/aromatic N) is 1. The molecular weight excluding hydrogens is 345 g/mol. The van der Waals surface area contributed by atoms with Gasteiger partial charge in [0.05, 0.1) is 29.0 Å². The number of ketones is 1. The van der Waals surface area contributed by atoms with Crippen molar-refractivity contribution in [1.82, 2.24) is 15.3 Å². The Morgan fingerprint density at radius 1 is 1.15 bits per heavy atom. The van der Waals surface area contributed by atoms with Gasteiger partial charge in [0.1, 0.15) is 0 Å². The van der Waals surface area contributed by atoms with Crippen LogP contribution < -0.4 is 5.32 Å². The molecule has 0 spiro atoms. The van der Waals surface area contributed by atoms with Gasteiger partial charge in [0, 0.05) is 29.3 Å². The maximum absolute atomic E-state index is 13.8. The van der Waals surface area contributed by atoms with Crippen LogP contribution in [0.3, 0.4) is 0 Å². The summed E-state index contributed by atoms with van der Waals surface area (Å²) in [5, 5.41) is 14.4. The summed E-state index contributed by atoms with van der Waals surface area (Å²) in [6.45, 7) is 0.819. The number of phenols is 1. The second-order valence-corrected chi connectivity index (χ2v) is 6.79. The number of H-pyrrole nitrogens is 1. The molecule has 4 aromatic rings. The topological polar surface area (TPSA) is 78.0 Å². The highest BCUT2D eigenvalue weighted by Crippen LogP contribution is 2.34. The number of hydrogen-bond donors (Lipinski definition) is 3. The van der Waals surface area contributed by atoms with E-state index in [0.717, 1.165) is 33.2 Å². The molecule has 2 aromatic heterocycles. The van der Waals surface area contributed by atoms with E-state index in [0.29, 0.717) is 30.6 Å². The summed E-state index contributed by atoms with van der Waals surface area (Å²) < 4.78 is 13.8. The standard InChI is InChI=1S/C21H16FN3O2/c22-13-7-11(5-6-17(13)26)8-15-21-19(12-3-1-2-4-14(12)25-21)20-16(24-15)9-23-10-18(20)27/h1-7,23,25-26H,8-10H2. The maximum Gasteiger partial charge on any atom is 0.179 e. The summed E-state index contributed by atoms with van der Waals surface area (Å²) >= 11 is 0. The predicted molar refractivity (Wildman–Crippen MR) is 101 cm³/mol. The van der Waals surface area contributed by atoms with Gasteiger partial charge in [-0.1, -0.05) is 24.3 Å². The molecular formula is C21H16FN3O2. The fourth-order valence-electron chi connectivity index (χ4n) is 3.83. The smallest absolute Gasteiger partial charge is 0.179 e. The van der Waals surface area contributed by atoms with Crippen molar-refractivity contribution < 1.29 is 14.3 Å². The van der Waals surface area contributed by atoms with Crippen LogP contribution in [0.25, 0.3) is 21.8 Å². The van der Waals surface area contributed by atoms with Crippen molar-refractivity contribution in [1.29, 1.82) is 0 Å². The number of para-hydroxylation sites is 1. The lowest BCUT2D eigenvalue weighted by atomic mass is 9.96. The van der Waals surface area contributed by atoms with Crippen LogP contribution in [0.5, 0.6) is 5.75 Å². The zero-order valence-electron chi connectivity index (χ0n) is 14.3. The molecule has 0 unspecified atom stereocenters. The molecule has 0 radical (unpaired) electrons. The lowest BCUT2D eigenvalue weighted by Crippen LogP contribution is -2.31. The highest BCUT2D eigenvalue weighted by atomic mass is 19.1. The van der Waals surface area contributed by atoms with Gasteiger partial charge in [-0.3, -0.25) is 9.78 Å². The summed E-state index contributed by atoms with van der Waals surface area (Å²) in [7, 11) is 0. The van der Waals surface area contributed by atoms with Crippen molar-refractivity contribution in [2.24, 2.45) is 0 Å². The third-order valence-electron chi connectivity index (χ3n) is 5.04. The van der Waals surface area contributed by atoms with E-state index in [1.54, 1.807) is 6.07 Å². The second-order valence-electron chi connectivity index (χ2n) is 6.79. The van der Waals surface area contributed by atoms with Crippen LogP contribution in [0.2, 0.25) is 0 Å². The zero-order chi connectivity index (χ0) is 18.5. The Labute approximate surface area is 153 Å². The summed E-state index contributed by atoms with van der Waals surface area (Å²) in [5.74, 6) is -1.00. The first-order chi connectivity index (χ1) is 13.1. The van der Waals surface area contributed by atoms with Gasteiger partial charge in [0.15, 0.2) is 17.3 Å². The monoisotopic (exact) mass is 361 g/mol. The fraction of sp³-hybridized carbons (Fsp3) is 0.143. The van der Waals surface area contributed by atoms with E-state index in [9.17, 15) is 14.3 Å². The Hall–Kier alpha value is -3.25. The minimum atomic E-state index is -0.657. The molecule has 0 fully saturated rings. The molecule has 5 rings (SSSR count). The first-order valence-corrected chi connectivity index (χ1v) is 8.75.